The Morgan fingerprint density at radius 2 is 2.30 bits per heavy atom. The zero-order valence-electron chi connectivity index (χ0n) is 12.8. The molecule has 2 aromatic heterocycles. The van der Waals surface area contributed by atoms with Crippen molar-refractivity contribution in [1.29, 1.82) is 0 Å². The number of morpholine rings is 1. The Labute approximate surface area is 143 Å². The largest absolute Gasteiger partial charge is 0.378 e. The molecule has 122 valence electrons. The summed E-state index contributed by atoms with van der Waals surface area (Å²) in [7, 11) is 0. The van der Waals surface area contributed by atoms with Crippen LogP contribution in [0.3, 0.4) is 0 Å². The van der Waals surface area contributed by atoms with Gasteiger partial charge in [-0.15, -0.1) is 11.3 Å². The van der Waals surface area contributed by atoms with Crippen LogP contribution in [0.25, 0.3) is 0 Å². The average molecular weight is 350 g/mol. The highest BCUT2D eigenvalue weighted by atomic mass is 32.2. The molecule has 3 rings (SSSR count). The molecule has 6 nitrogen and oxygen atoms in total. The summed E-state index contributed by atoms with van der Waals surface area (Å²) in [6.45, 7) is 3.49. The van der Waals surface area contributed by atoms with Crippen molar-refractivity contribution in [2.75, 3.05) is 37.5 Å². The number of aromatic nitrogens is 2. The highest BCUT2D eigenvalue weighted by Gasteiger charge is 2.17. The summed E-state index contributed by atoms with van der Waals surface area (Å²) in [5.41, 5.74) is 1.47. The van der Waals surface area contributed by atoms with Gasteiger partial charge in [0.05, 0.1) is 13.2 Å². The summed E-state index contributed by atoms with van der Waals surface area (Å²) < 4.78 is 6.28. The number of anilines is 1. The Bertz CT molecular complexity index is 671. The van der Waals surface area contributed by atoms with Crippen molar-refractivity contribution in [1.82, 2.24) is 15.3 Å². The van der Waals surface area contributed by atoms with Crippen LogP contribution in [-0.2, 0) is 11.3 Å². The Morgan fingerprint density at radius 3 is 3.04 bits per heavy atom. The molecular formula is C15H18N4O2S2. The molecule has 2 aromatic rings. The topological polar surface area (TPSA) is 67.4 Å². The Morgan fingerprint density at radius 1 is 1.48 bits per heavy atom. The molecular weight excluding hydrogens is 332 g/mol. The number of carbonyl (C=O) groups excluding carboxylic acids is 1. The monoisotopic (exact) mass is 350 g/mol. The minimum Gasteiger partial charge on any atom is -0.378 e. The van der Waals surface area contributed by atoms with Gasteiger partial charge >= 0.3 is 0 Å². The molecule has 1 amide bonds. The zero-order valence-corrected chi connectivity index (χ0v) is 14.5. The molecule has 1 aliphatic rings. The van der Waals surface area contributed by atoms with Gasteiger partial charge in [0.15, 0.2) is 0 Å². The van der Waals surface area contributed by atoms with Crippen molar-refractivity contribution >= 4 is 34.8 Å². The number of ether oxygens (including phenoxy) is 1. The summed E-state index contributed by atoms with van der Waals surface area (Å²) in [4.78, 5) is 23.2. The van der Waals surface area contributed by atoms with Gasteiger partial charge in [0.1, 0.15) is 15.9 Å². The molecule has 1 saturated heterocycles. The number of carbonyl (C=O) groups is 1. The second-order valence-corrected chi connectivity index (χ2v) is 6.88. The third kappa shape index (κ3) is 4.01. The Hall–Kier alpha value is -1.64. The van der Waals surface area contributed by atoms with E-state index in [4.69, 9.17) is 4.74 Å². The number of thioether (sulfide) groups is 1. The first-order chi connectivity index (χ1) is 11.3. The Kier molecular flexibility index (Phi) is 5.47. The molecule has 0 unspecified atom stereocenters. The van der Waals surface area contributed by atoms with Gasteiger partial charge < -0.3 is 15.0 Å². The lowest BCUT2D eigenvalue weighted by Gasteiger charge is -2.29. The van der Waals surface area contributed by atoms with E-state index in [1.165, 1.54) is 11.3 Å². The summed E-state index contributed by atoms with van der Waals surface area (Å²) in [5.74, 6) is 0.762. The molecule has 0 saturated carbocycles. The van der Waals surface area contributed by atoms with Crippen LogP contribution in [0.2, 0.25) is 0 Å². The number of nitrogens with one attached hydrogen (secondary N) is 1. The van der Waals surface area contributed by atoms with E-state index >= 15 is 0 Å². The van der Waals surface area contributed by atoms with E-state index in [2.05, 4.69) is 20.2 Å². The maximum Gasteiger partial charge on any atom is 0.271 e. The first-order valence-electron chi connectivity index (χ1n) is 7.32. The molecule has 8 heteroatoms. The van der Waals surface area contributed by atoms with Crippen LogP contribution < -0.4 is 10.2 Å². The third-order valence-electron chi connectivity index (χ3n) is 3.51. The van der Waals surface area contributed by atoms with Crippen LogP contribution in [-0.4, -0.2) is 48.4 Å². The number of thiazole rings is 1. The van der Waals surface area contributed by atoms with E-state index in [1.54, 1.807) is 23.3 Å². The van der Waals surface area contributed by atoms with Crippen LogP contribution in [0, 0.1) is 0 Å². The lowest BCUT2D eigenvalue weighted by Crippen LogP contribution is -2.37. The van der Waals surface area contributed by atoms with Gasteiger partial charge in [-0.05, 0) is 12.3 Å². The molecule has 0 spiro atoms. The van der Waals surface area contributed by atoms with Crippen molar-refractivity contribution in [3.05, 3.63) is 35.0 Å². The second-order valence-electron chi connectivity index (χ2n) is 4.97. The fraction of sp³-hybridized carbons (Fsp3) is 0.400. The van der Waals surface area contributed by atoms with Crippen molar-refractivity contribution in [3.63, 3.8) is 0 Å². The third-order valence-corrected chi connectivity index (χ3v) is 5.37. The van der Waals surface area contributed by atoms with E-state index in [0.29, 0.717) is 25.5 Å². The number of nitrogens with zero attached hydrogens (tertiary/aromatic N) is 3. The van der Waals surface area contributed by atoms with Gasteiger partial charge in [-0.1, -0.05) is 17.8 Å². The van der Waals surface area contributed by atoms with Crippen LogP contribution in [0.1, 0.15) is 16.1 Å². The van der Waals surface area contributed by atoms with E-state index in [-0.39, 0.29) is 5.91 Å². The molecule has 1 N–H and O–H groups in total. The maximum atomic E-state index is 12.2. The van der Waals surface area contributed by atoms with Gasteiger partial charge in [0.25, 0.3) is 5.91 Å². The van der Waals surface area contributed by atoms with Gasteiger partial charge in [-0.3, -0.25) is 4.79 Å². The zero-order chi connectivity index (χ0) is 16.1. The lowest BCUT2D eigenvalue weighted by molar-refractivity contribution is 0.0946. The minimum atomic E-state index is -0.154. The highest BCUT2D eigenvalue weighted by Crippen LogP contribution is 2.21. The van der Waals surface area contributed by atoms with Crippen molar-refractivity contribution in [2.45, 2.75) is 10.9 Å². The lowest BCUT2D eigenvalue weighted by atomic mass is 10.2. The standard InChI is InChI=1S/C15H18N4O2S2/c1-22-15-18-12(10-23-15)14(20)17-9-11-3-2-4-16-13(11)19-5-7-21-8-6-19/h2-4,10H,5-9H2,1H3,(H,17,20). The quantitative estimate of drug-likeness (QED) is 0.832. The Balaban J connectivity index is 1.66. The fourth-order valence-electron chi connectivity index (χ4n) is 2.35. The molecule has 0 aromatic carbocycles. The van der Waals surface area contributed by atoms with E-state index in [1.807, 2.05) is 18.4 Å². The number of hydrogen-bond acceptors (Lipinski definition) is 7. The molecule has 3 heterocycles. The highest BCUT2D eigenvalue weighted by molar-refractivity contribution is 8.00. The molecule has 1 aliphatic heterocycles. The van der Waals surface area contributed by atoms with Crippen LogP contribution in [0.5, 0.6) is 0 Å². The normalized spacial score (nSPS) is 14.7. The predicted octanol–water partition coefficient (Wildman–Crippen LogP) is 2.03. The smallest absolute Gasteiger partial charge is 0.271 e. The summed E-state index contributed by atoms with van der Waals surface area (Å²) in [5, 5.41) is 4.72. The number of rotatable bonds is 5. The minimum absolute atomic E-state index is 0.154. The van der Waals surface area contributed by atoms with Gasteiger partial charge in [-0.2, -0.15) is 0 Å². The summed E-state index contributed by atoms with van der Waals surface area (Å²) >= 11 is 3.02. The van der Waals surface area contributed by atoms with E-state index in [9.17, 15) is 4.79 Å². The molecule has 0 radical (unpaired) electrons. The van der Waals surface area contributed by atoms with Crippen LogP contribution >= 0.6 is 23.1 Å². The maximum absolute atomic E-state index is 12.2. The first kappa shape index (κ1) is 16.2. The molecule has 0 atom stereocenters. The van der Waals surface area contributed by atoms with Crippen molar-refractivity contribution in [2.24, 2.45) is 0 Å². The fourth-order valence-corrected chi connectivity index (χ4v) is 3.59. The second kappa shape index (κ2) is 7.76. The average Bonchev–Trinajstić information content (AvgIpc) is 3.10. The molecule has 1 fully saturated rings. The first-order valence-corrected chi connectivity index (χ1v) is 9.42. The van der Waals surface area contributed by atoms with Crippen molar-refractivity contribution < 1.29 is 9.53 Å². The predicted molar refractivity (Wildman–Crippen MR) is 92.3 cm³/mol. The number of amides is 1. The van der Waals surface area contributed by atoms with Crippen LogP contribution in [0.4, 0.5) is 5.82 Å². The number of pyridine rings is 1. The van der Waals surface area contributed by atoms with Gasteiger partial charge in [0.2, 0.25) is 0 Å². The van der Waals surface area contributed by atoms with Gasteiger partial charge in [0, 0.05) is 36.8 Å². The van der Waals surface area contributed by atoms with Gasteiger partial charge in [-0.25, -0.2) is 9.97 Å². The van der Waals surface area contributed by atoms with E-state index < -0.39 is 0 Å². The van der Waals surface area contributed by atoms with Crippen molar-refractivity contribution in [3.8, 4) is 0 Å². The van der Waals surface area contributed by atoms with E-state index in [0.717, 1.165) is 28.8 Å². The molecule has 23 heavy (non-hydrogen) atoms. The SMILES string of the molecule is CSc1nc(C(=O)NCc2cccnc2N2CCOCC2)cs1. The van der Waals surface area contributed by atoms with Crippen LogP contribution in [0.15, 0.2) is 28.0 Å². The summed E-state index contributed by atoms with van der Waals surface area (Å²) in [6, 6.07) is 3.88. The number of hydrogen-bond donors (Lipinski definition) is 1. The molecule has 0 aliphatic carbocycles. The summed E-state index contributed by atoms with van der Waals surface area (Å²) in [6.07, 6.45) is 3.73. The molecule has 0 bridgehead atoms.